The molecule has 2 heterocycles. The molecule has 0 saturated carbocycles. The molecule has 0 aliphatic carbocycles. The highest BCUT2D eigenvalue weighted by molar-refractivity contribution is 5.86. The van der Waals surface area contributed by atoms with Crippen LogP contribution in [0.2, 0.25) is 0 Å². The molecular formula is C19H20N2O2. The van der Waals surface area contributed by atoms with Crippen LogP contribution >= 0.6 is 0 Å². The minimum Gasteiger partial charge on any atom is -0.466 e. The van der Waals surface area contributed by atoms with Crippen LogP contribution in [-0.2, 0) is 29.0 Å². The summed E-state index contributed by atoms with van der Waals surface area (Å²) in [5.74, 6) is -0.366. The van der Waals surface area contributed by atoms with Gasteiger partial charge in [0.05, 0.1) is 18.5 Å². The third-order valence-electron chi connectivity index (χ3n) is 4.00. The summed E-state index contributed by atoms with van der Waals surface area (Å²) >= 11 is 0. The zero-order valence-corrected chi connectivity index (χ0v) is 13.2. The number of hydrogen-bond acceptors (Lipinski definition) is 4. The Labute approximate surface area is 136 Å². The summed E-state index contributed by atoms with van der Waals surface area (Å²) in [6.07, 6.45) is 4.11. The number of carbonyl (C=O) groups is 1. The van der Waals surface area contributed by atoms with Crippen LogP contribution in [0.5, 0.6) is 0 Å². The first-order chi connectivity index (χ1) is 11.2. The molecule has 0 bridgehead atoms. The number of nitrogens with zero attached hydrogens (tertiary/aromatic N) is 2. The van der Waals surface area contributed by atoms with Gasteiger partial charge in [-0.3, -0.25) is 9.88 Å². The van der Waals surface area contributed by atoms with E-state index in [1.54, 1.807) is 6.08 Å². The fourth-order valence-electron chi connectivity index (χ4n) is 2.77. The zero-order valence-electron chi connectivity index (χ0n) is 13.2. The Balaban J connectivity index is 1.71. The first-order valence-electron chi connectivity index (χ1n) is 7.76. The van der Waals surface area contributed by atoms with Crippen molar-refractivity contribution in [3.63, 3.8) is 0 Å². The highest BCUT2D eigenvalue weighted by Gasteiger charge is 2.17. The molecule has 4 nitrogen and oxygen atoms in total. The Morgan fingerprint density at radius 1 is 1.26 bits per heavy atom. The van der Waals surface area contributed by atoms with Gasteiger partial charge in [0, 0.05) is 25.7 Å². The predicted molar refractivity (Wildman–Crippen MR) is 89.5 cm³/mol. The van der Waals surface area contributed by atoms with Crippen molar-refractivity contribution in [2.75, 3.05) is 13.7 Å². The standard InChI is InChI=1S/C19H20N2O2/c1-23-19(22)10-9-17-8-7-16-11-12-21(14-18(16)20-17)13-15-5-3-2-4-6-15/h2-10H,11-14H2,1H3/b10-9+. The molecule has 2 aromatic rings. The van der Waals surface area contributed by atoms with Gasteiger partial charge in [0.15, 0.2) is 0 Å². The van der Waals surface area contributed by atoms with E-state index in [0.29, 0.717) is 0 Å². The average molecular weight is 308 g/mol. The maximum absolute atomic E-state index is 11.2. The fraction of sp³-hybridized carbons (Fsp3) is 0.263. The first kappa shape index (κ1) is 15.4. The molecule has 0 N–H and O–H groups in total. The molecule has 0 saturated heterocycles. The smallest absolute Gasteiger partial charge is 0.330 e. The molecule has 0 atom stereocenters. The van der Waals surface area contributed by atoms with Crippen LogP contribution in [0, 0.1) is 0 Å². The summed E-state index contributed by atoms with van der Waals surface area (Å²) in [6, 6.07) is 14.5. The van der Waals surface area contributed by atoms with Crippen molar-refractivity contribution in [1.29, 1.82) is 0 Å². The van der Waals surface area contributed by atoms with Crippen molar-refractivity contribution >= 4 is 12.0 Å². The summed E-state index contributed by atoms with van der Waals surface area (Å²) in [4.78, 5) is 18.3. The Morgan fingerprint density at radius 2 is 2.09 bits per heavy atom. The number of aromatic nitrogens is 1. The summed E-state index contributed by atoms with van der Waals surface area (Å²) in [7, 11) is 1.37. The normalized spacial score (nSPS) is 14.7. The second kappa shape index (κ2) is 7.20. The fourth-order valence-corrected chi connectivity index (χ4v) is 2.77. The van der Waals surface area contributed by atoms with E-state index in [0.717, 1.165) is 37.4 Å². The van der Waals surface area contributed by atoms with Crippen LogP contribution in [0.25, 0.3) is 6.08 Å². The lowest BCUT2D eigenvalue weighted by Crippen LogP contribution is -2.30. The van der Waals surface area contributed by atoms with Crippen molar-refractivity contribution in [3.05, 3.63) is 71.1 Å². The molecule has 1 aromatic heterocycles. The van der Waals surface area contributed by atoms with E-state index in [1.807, 2.05) is 12.1 Å². The second-order valence-corrected chi connectivity index (χ2v) is 5.64. The van der Waals surface area contributed by atoms with Crippen molar-refractivity contribution in [2.24, 2.45) is 0 Å². The summed E-state index contributed by atoms with van der Waals surface area (Å²) in [5.41, 5.74) is 4.50. The van der Waals surface area contributed by atoms with Gasteiger partial charge in [-0.25, -0.2) is 4.79 Å². The summed E-state index contributed by atoms with van der Waals surface area (Å²) in [6.45, 7) is 2.81. The van der Waals surface area contributed by atoms with Gasteiger partial charge in [0.1, 0.15) is 0 Å². The van der Waals surface area contributed by atoms with Crippen molar-refractivity contribution in [1.82, 2.24) is 9.88 Å². The molecule has 23 heavy (non-hydrogen) atoms. The number of pyridine rings is 1. The van der Waals surface area contributed by atoms with E-state index in [-0.39, 0.29) is 5.97 Å². The molecule has 0 spiro atoms. The molecule has 118 valence electrons. The lowest BCUT2D eigenvalue weighted by Gasteiger charge is -2.28. The van der Waals surface area contributed by atoms with Crippen LogP contribution in [-0.4, -0.2) is 29.5 Å². The van der Waals surface area contributed by atoms with E-state index in [4.69, 9.17) is 0 Å². The van der Waals surface area contributed by atoms with E-state index < -0.39 is 0 Å². The third-order valence-corrected chi connectivity index (χ3v) is 4.00. The number of esters is 1. The maximum Gasteiger partial charge on any atom is 0.330 e. The number of ether oxygens (including phenoxy) is 1. The highest BCUT2D eigenvalue weighted by Crippen LogP contribution is 2.20. The van der Waals surface area contributed by atoms with E-state index >= 15 is 0 Å². The van der Waals surface area contributed by atoms with Crippen LogP contribution in [0.1, 0.15) is 22.5 Å². The molecule has 0 fully saturated rings. The molecule has 1 aliphatic rings. The van der Waals surface area contributed by atoms with Gasteiger partial charge < -0.3 is 4.74 Å². The minimum absolute atomic E-state index is 0.366. The third kappa shape index (κ3) is 4.05. The Hall–Kier alpha value is -2.46. The Kier molecular flexibility index (Phi) is 4.83. The molecular weight excluding hydrogens is 288 g/mol. The molecule has 1 aliphatic heterocycles. The van der Waals surface area contributed by atoms with Gasteiger partial charge in [0.25, 0.3) is 0 Å². The van der Waals surface area contributed by atoms with Gasteiger partial charge in [-0.2, -0.15) is 0 Å². The number of hydrogen-bond donors (Lipinski definition) is 0. The van der Waals surface area contributed by atoms with Crippen molar-refractivity contribution in [3.8, 4) is 0 Å². The Bertz CT molecular complexity index is 711. The lowest BCUT2D eigenvalue weighted by atomic mass is 10.0. The number of fused-ring (bicyclic) bond motifs is 1. The van der Waals surface area contributed by atoms with E-state index in [2.05, 4.69) is 45.0 Å². The molecule has 4 heteroatoms. The van der Waals surface area contributed by atoms with Crippen molar-refractivity contribution in [2.45, 2.75) is 19.5 Å². The summed E-state index contributed by atoms with van der Waals surface area (Å²) < 4.78 is 4.61. The second-order valence-electron chi connectivity index (χ2n) is 5.64. The predicted octanol–water partition coefficient (Wildman–Crippen LogP) is 2.83. The lowest BCUT2D eigenvalue weighted by molar-refractivity contribution is -0.134. The highest BCUT2D eigenvalue weighted by atomic mass is 16.5. The molecule has 1 aromatic carbocycles. The van der Waals surface area contributed by atoms with Gasteiger partial charge in [-0.1, -0.05) is 36.4 Å². The monoisotopic (exact) mass is 308 g/mol. The quantitative estimate of drug-likeness (QED) is 0.643. The van der Waals surface area contributed by atoms with Crippen LogP contribution in [0.3, 0.4) is 0 Å². The van der Waals surface area contributed by atoms with Gasteiger partial charge >= 0.3 is 5.97 Å². The van der Waals surface area contributed by atoms with Gasteiger partial charge in [-0.15, -0.1) is 0 Å². The van der Waals surface area contributed by atoms with Crippen LogP contribution in [0.15, 0.2) is 48.5 Å². The van der Waals surface area contributed by atoms with Crippen LogP contribution < -0.4 is 0 Å². The molecule has 0 amide bonds. The number of methoxy groups -OCH3 is 1. The zero-order chi connectivity index (χ0) is 16.1. The SMILES string of the molecule is COC(=O)/C=C/c1ccc2c(n1)CN(Cc1ccccc1)CC2. The average Bonchev–Trinajstić information content (AvgIpc) is 2.60. The molecule has 0 unspecified atom stereocenters. The van der Waals surface area contributed by atoms with E-state index in [9.17, 15) is 4.79 Å². The topological polar surface area (TPSA) is 42.4 Å². The van der Waals surface area contributed by atoms with Crippen molar-refractivity contribution < 1.29 is 9.53 Å². The van der Waals surface area contributed by atoms with Gasteiger partial charge in [-0.05, 0) is 29.7 Å². The largest absolute Gasteiger partial charge is 0.466 e. The number of carbonyl (C=O) groups excluding carboxylic acids is 1. The summed E-state index contributed by atoms with van der Waals surface area (Å²) in [5, 5.41) is 0. The number of benzene rings is 1. The maximum atomic E-state index is 11.2. The van der Waals surface area contributed by atoms with Crippen LogP contribution in [0.4, 0.5) is 0 Å². The minimum atomic E-state index is -0.366. The van der Waals surface area contributed by atoms with Gasteiger partial charge in [0.2, 0.25) is 0 Å². The molecule has 0 radical (unpaired) electrons. The number of rotatable bonds is 4. The van der Waals surface area contributed by atoms with E-state index in [1.165, 1.54) is 24.3 Å². The Morgan fingerprint density at radius 3 is 2.87 bits per heavy atom. The first-order valence-corrected chi connectivity index (χ1v) is 7.76. The molecule has 3 rings (SSSR count).